The van der Waals surface area contributed by atoms with Gasteiger partial charge in [0.05, 0.1) is 11.7 Å². The van der Waals surface area contributed by atoms with Crippen molar-refractivity contribution in [3.63, 3.8) is 0 Å². The Balaban J connectivity index is 2.01. The van der Waals surface area contributed by atoms with Crippen molar-refractivity contribution in [2.24, 2.45) is 11.8 Å². The average molecular weight is 412 g/mol. The zero-order valence-corrected chi connectivity index (χ0v) is 18.2. The Morgan fingerprint density at radius 2 is 1.52 bits per heavy atom. The number of ether oxygens (including phenoxy) is 5. The van der Waals surface area contributed by atoms with Crippen LogP contribution in [0.4, 0.5) is 0 Å². The van der Waals surface area contributed by atoms with E-state index in [-0.39, 0.29) is 17.9 Å². The fourth-order valence-electron chi connectivity index (χ4n) is 4.88. The maximum absolute atomic E-state index is 11.9. The third-order valence-electron chi connectivity index (χ3n) is 6.40. The number of carbonyl (C=O) groups is 3. The maximum Gasteiger partial charge on any atom is 0.303 e. The summed E-state index contributed by atoms with van der Waals surface area (Å²) in [4.78, 5) is 35.5. The molecular formula is C21H32O8. The number of epoxide rings is 2. The van der Waals surface area contributed by atoms with Crippen LogP contribution in [0.2, 0.25) is 0 Å². The first kappa shape index (κ1) is 22.0. The number of esters is 3. The zero-order chi connectivity index (χ0) is 21.7. The molecule has 8 nitrogen and oxygen atoms in total. The van der Waals surface area contributed by atoms with Crippen molar-refractivity contribution in [3.8, 4) is 0 Å². The molecule has 1 aliphatic carbocycles. The molecule has 29 heavy (non-hydrogen) atoms. The molecule has 3 aliphatic rings. The quantitative estimate of drug-likeness (QED) is 0.393. The van der Waals surface area contributed by atoms with Crippen molar-refractivity contribution in [2.45, 2.75) is 103 Å². The van der Waals surface area contributed by atoms with Crippen LogP contribution in [0, 0.1) is 11.8 Å². The second kappa shape index (κ2) is 7.54. The van der Waals surface area contributed by atoms with E-state index in [1.165, 1.54) is 20.8 Å². The van der Waals surface area contributed by atoms with Crippen LogP contribution in [0.25, 0.3) is 0 Å². The van der Waals surface area contributed by atoms with Crippen molar-refractivity contribution >= 4 is 17.9 Å². The highest BCUT2D eigenvalue weighted by molar-refractivity contribution is 5.67. The zero-order valence-electron chi connectivity index (χ0n) is 18.2. The topological polar surface area (TPSA) is 104 Å². The average Bonchev–Trinajstić information content (AvgIpc) is 3.40. The van der Waals surface area contributed by atoms with E-state index in [0.29, 0.717) is 12.8 Å². The molecular weight excluding hydrogens is 380 g/mol. The molecule has 3 rings (SSSR count). The van der Waals surface area contributed by atoms with Crippen LogP contribution in [0.15, 0.2) is 0 Å². The summed E-state index contributed by atoms with van der Waals surface area (Å²) in [5, 5.41) is 0. The minimum Gasteiger partial charge on any atom is -0.462 e. The van der Waals surface area contributed by atoms with Crippen molar-refractivity contribution in [1.29, 1.82) is 0 Å². The van der Waals surface area contributed by atoms with Gasteiger partial charge in [-0.1, -0.05) is 13.8 Å². The summed E-state index contributed by atoms with van der Waals surface area (Å²) in [5.41, 5.74) is -1.31. The first-order chi connectivity index (χ1) is 13.4. The molecule has 3 fully saturated rings. The van der Waals surface area contributed by atoms with Gasteiger partial charge in [0.2, 0.25) is 0 Å². The molecule has 1 saturated carbocycles. The third-order valence-corrected chi connectivity index (χ3v) is 6.40. The second-order valence-corrected chi connectivity index (χ2v) is 9.22. The van der Waals surface area contributed by atoms with Crippen LogP contribution in [0.5, 0.6) is 0 Å². The van der Waals surface area contributed by atoms with Crippen LogP contribution in [0.1, 0.15) is 61.3 Å². The van der Waals surface area contributed by atoms with E-state index in [4.69, 9.17) is 23.7 Å². The minimum absolute atomic E-state index is 0.0320. The van der Waals surface area contributed by atoms with Gasteiger partial charge in [-0.2, -0.15) is 0 Å². The summed E-state index contributed by atoms with van der Waals surface area (Å²) in [7, 11) is 0. The van der Waals surface area contributed by atoms with Crippen molar-refractivity contribution < 1.29 is 38.1 Å². The summed E-state index contributed by atoms with van der Waals surface area (Å²) in [5.74, 6) is -1.49. The predicted molar refractivity (Wildman–Crippen MR) is 101 cm³/mol. The van der Waals surface area contributed by atoms with Gasteiger partial charge in [0.25, 0.3) is 0 Å². The highest BCUT2D eigenvalue weighted by Gasteiger charge is 2.69. The maximum atomic E-state index is 11.9. The highest BCUT2D eigenvalue weighted by Crippen LogP contribution is 2.54. The van der Waals surface area contributed by atoms with Crippen molar-refractivity contribution in [2.75, 3.05) is 0 Å². The molecule has 2 saturated heterocycles. The lowest BCUT2D eigenvalue weighted by Crippen LogP contribution is -2.49. The summed E-state index contributed by atoms with van der Waals surface area (Å²) in [6.45, 7) is 11.9. The lowest BCUT2D eigenvalue weighted by molar-refractivity contribution is -0.165. The second-order valence-electron chi connectivity index (χ2n) is 9.22. The van der Waals surface area contributed by atoms with Gasteiger partial charge in [-0.05, 0) is 19.8 Å². The van der Waals surface area contributed by atoms with E-state index in [1.807, 2.05) is 27.7 Å². The monoisotopic (exact) mass is 412 g/mol. The Bertz CT molecular complexity index is 690. The Kier molecular flexibility index (Phi) is 5.73. The molecule has 0 aromatic carbocycles. The van der Waals surface area contributed by atoms with Crippen LogP contribution in [-0.2, 0) is 38.1 Å². The van der Waals surface area contributed by atoms with Gasteiger partial charge in [-0.15, -0.1) is 0 Å². The van der Waals surface area contributed by atoms with Crippen molar-refractivity contribution in [1.82, 2.24) is 0 Å². The standard InChI is InChI=1S/C21H32O8/c1-10(2)17-14(25-11(3)22)9-20(6)15(28-20)8-16(26-12(4)23)21(7)19(29-21)18(17)27-13(5)24/h10,14-19H,8-9H2,1-7H3/t14-,15-,16-,17+,18+,19-,20-,21-/m1/s1. The predicted octanol–water partition coefficient (Wildman–Crippen LogP) is 2.16. The van der Waals surface area contributed by atoms with Gasteiger partial charge >= 0.3 is 17.9 Å². The van der Waals surface area contributed by atoms with Gasteiger partial charge in [0.15, 0.2) is 0 Å². The lowest BCUT2D eigenvalue weighted by Gasteiger charge is -2.37. The van der Waals surface area contributed by atoms with Crippen LogP contribution < -0.4 is 0 Å². The van der Waals surface area contributed by atoms with E-state index in [2.05, 4.69) is 0 Å². The number of carbonyl (C=O) groups excluding carboxylic acids is 3. The van der Waals surface area contributed by atoms with Crippen LogP contribution >= 0.6 is 0 Å². The van der Waals surface area contributed by atoms with E-state index in [0.717, 1.165) is 0 Å². The Hall–Kier alpha value is -1.67. The molecule has 0 bridgehead atoms. The normalized spacial score (nSPS) is 43.4. The van der Waals surface area contributed by atoms with E-state index in [1.54, 1.807) is 0 Å². The SMILES string of the molecule is CC(=O)O[C@H]1[C@@H](C(C)C)[C@H](OC(C)=O)C[C@@]2(C)O[C@@H]2C[C@@H](OC(C)=O)[C@@]2(C)O[C@H]12. The summed E-state index contributed by atoms with van der Waals surface area (Å²) in [6.07, 6.45) is -1.32. The van der Waals surface area contributed by atoms with Gasteiger partial charge in [0, 0.05) is 39.5 Å². The molecule has 8 heteroatoms. The molecule has 2 aliphatic heterocycles. The third kappa shape index (κ3) is 4.43. The summed E-state index contributed by atoms with van der Waals surface area (Å²) < 4.78 is 29.0. The van der Waals surface area contributed by atoms with Gasteiger partial charge in [-0.25, -0.2) is 0 Å². The molecule has 0 radical (unpaired) electrons. The Morgan fingerprint density at radius 3 is 2.03 bits per heavy atom. The minimum atomic E-state index is -0.802. The largest absolute Gasteiger partial charge is 0.462 e. The van der Waals surface area contributed by atoms with Crippen molar-refractivity contribution in [3.05, 3.63) is 0 Å². The number of hydrogen-bond acceptors (Lipinski definition) is 8. The van der Waals surface area contributed by atoms with E-state index >= 15 is 0 Å². The molecule has 0 amide bonds. The summed E-state index contributed by atoms with van der Waals surface area (Å²) >= 11 is 0. The van der Waals surface area contributed by atoms with E-state index < -0.39 is 53.5 Å². The molecule has 8 atom stereocenters. The van der Waals surface area contributed by atoms with Crippen LogP contribution in [-0.4, -0.2) is 59.6 Å². The fraction of sp³-hybridized carbons (Fsp3) is 0.857. The number of hydrogen-bond donors (Lipinski definition) is 0. The highest BCUT2D eigenvalue weighted by atomic mass is 16.7. The lowest BCUT2D eigenvalue weighted by atomic mass is 9.75. The molecule has 0 aromatic heterocycles. The molecule has 0 N–H and O–H groups in total. The number of fused-ring (bicyclic) bond motifs is 2. The Labute approximate surface area is 171 Å². The molecule has 0 aromatic rings. The first-order valence-electron chi connectivity index (χ1n) is 10.2. The Morgan fingerprint density at radius 1 is 0.931 bits per heavy atom. The fourth-order valence-corrected chi connectivity index (χ4v) is 4.88. The van der Waals surface area contributed by atoms with E-state index in [9.17, 15) is 14.4 Å². The van der Waals surface area contributed by atoms with Gasteiger partial charge in [-0.3, -0.25) is 14.4 Å². The summed E-state index contributed by atoms with van der Waals surface area (Å²) in [6, 6.07) is 0. The van der Waals surface area contributed by atoms with Gasteiger partial charge < -0.3 is 23.7 Å². The van der Waals surface area contributed by atoms with Gasteiger partial charge in [0.1, 0.15) is 30.0 Å². The molecule has 164 valence electrons. The molecule has 0 spiro atoms. The smallest absolute Gasteiger partial charge is 0.303 e. The first-order valence-corrected chi connectivity index (χ1v) is 10.2. The number of rotatable bonds is 4. The van der Waals surface area contributed by atoms with Crippen LogP contribution in [0.3, 0.4) is 0 Å². The molecule has 2 heterocycles. The molecule has 0 unspecified atom stereocenters.